The van der Waals surface area contributed by atoms with Crippen LogP contribution in [0.4, 0.5) is 5.95 Å². The van der Waals surface area contributed by atoms with Crippen molar-refractivity contribution in [1.29, 1.82) is 0 Å². The third kappa shape index (κ3) is 2.58. The molecular weight excluding hydrogens is 202 g/mol. The summed E-state index contributed by atoms with van der Waals surface area (Å²) in [6.45, 7) is 2.60. The van der Waals surface area contributed by atoms with Gasteiger partial charge in [-0.2, -0.15) is 0 Å². The van der Waals surface area contributed by atoms with Gasteiger partial charge in [0.2, 0.25) is 5.95 Å². The molecule has 2 aromatic heterocycles. The van der Waals surface area contributed by atoms with Crippen molar-refractivity contribution < 1.29 is 0 Å². The summed E-state index contributed by atoms with van der Waals surface area (Å²) in [7, 11) is 0. The van der Waals surface area contributed by atoms with Crippen LogP contribution in [0, 0.1) is 0 Å². The Morgan fingerprint density at radius 2 is 2.12 bits per heavy atom. The van der Waals surface area contributed by atoms with Gasteiger partial charge in [0, 0.05) is 48.5 Å². The lowest BCUT2D eigenvalue weighted by Crippen LogP contribution is -2.25. The van der Waals surface area contributed by atoms with Crippen molar-refractivity contribution in [2.24, 2.45) is 5.73 Å². The number of nitrogens with one attached hydrogen (secondary N) is 2. The minimum absolute atomic E-state index is 0.0907. The van der Waals surface area contributed by atoms with Crippen LogP contribution >= 0.6 is 0 Å². The van der Waals surface area contributed by atoms with Crippen molar-refractivity contribution in [2.75, 3.05) is 11.9 Å². The predicted octanol–water partition coefficient (Wildman–Crippen LogP) is 1.23. The minimum atomic E-state index is 0.0907. The van der Waals surface area contributed by atoms with Gasteiger partial charge in [0.1, 0.15) is 0 Å². The smallest absolute Gasteiger partial charge is 0.222 e. The first kappa shape index (κ1) is 10.6. The van der Waals surface area contributed by atoms with Crippen LogP contribution in [0.15, 0.2) is 30.9 Å². The number of anilines is 1. The molecule has 16 heavy (non-hydrogen) atoms. The van der Waals surface area contributed by atoms with Crippen LogP contribution in [-0.4, -0.2) is 27.5 Å². The molecule has 84 valence electrons. The lowest BCUT2D eigenvalue weighted by atomic mass is 10.2. The van der Waals surface area contributed by atoms with Crippen LogP contribution in [0.3, 0.4) is 0 Å². The summed E-state index contributed by atoms with van der Waals surface area (Å²) in [5.74, 6) is 0.608. The van der Waals surface area contributed by atoms with Crippen molar-refractivity contribution in [3.05, 3.63) is 30.9 Å². The zero-order chi connectivity index (χ0) is 11.4. The normalized spacial score (nSPS) is 12.4. The number of nitrogens with two attached hydrogens (primary N) is 1. The highest BCUT2D eigenvalue weighted by molar-refractivity contribution is 5.60. The Bertz CT molecular complexity index is 418. The fraction of sp³-hybridized carbons (Fsp3) is 0.273. The quantitative estimate of drug-likeness (QED) is 0.719. The first-order valence-corrected chi connectivity index (χ1v) is 5.20. The van der Waals surface area contributed by atoms with Crippen LogP contribution in [0.2, 0.25) is 0 Å². The molecule has 4 N–H and O–H groups in total. The molecule has 0 aliphatic rings. The maximum Gasteiger partial charge on any atom is 0.222 e. The molecule has 0 radical (unpaired) electrons. The summed E-state index contributed by atoms with van der Waals surface area (Å²) in [5.41, 5.74) is 7.70. The first-order chi connectivity index (χ1) is 7.75. The predicted molar refractivity (Wildman–Crippen MR) is 64.0 cm³/mol. The summed E-state index contributed by atoms with van der Waals surface area (Å²) < 4.78 is 0. The number of aromatic amines is 1. The van der Waals surface area contributed by atoms with E-state index in [9.17, 15) is 0 Å². The summed E-state index contributed by atoms with van der Waals surface area (Å²) in [6, 6.07) is 2.07. The minimum Gasteiger partial charge on any atom is -0.367 e. The van der Waals surface area contributed by atoms with Gasteiger partial charge in [0.15, 0.2) is 0 Å². The van der Waals surface area contributed by atoms with Gasteiger partial charge < -0.3 is 16.0 Å². The molecule has 5 nitrogen and oxygen atoms in total. The van der Waals surface area contributed by atoms with Crippen LogP contribution < -0.4 is 11.1 Å². The van der Waals surface area contributed by atoms with Crippen molar-refractivity contribution in [2.45, 2.75) is 13.0 Å². The second-order valence-corrected chi connectivity index (χ2v) is 3.75. The van der Waals surface area contributed by atoms with E-state index in [-0.39, 0.29) is 6.04 Å². The van der Waals surface area contributed by atoms with Crippen molar-refractivity contribution in [1.82, 2.24) is 15.0 Å². The van der Waals surface area contributed by atoms with Gasteiger partial charge in [-0.1, -0.05) is 0 Å². The number of hydrogen-bond donors (Lipinski definition) is 3. The van der Waals surface area contributed by atoms with E-state index in [4.69, 9.17) is 5.73 Å². The SMILES string of the molecule is CC(N)CNc1ncc(-c2cc[nH]c2)cn1. The lowest BCUT2D eigenvalue weighted by molar-refractivity contribution is 0.773. The molecule has 1 atom stereocenters. The Labute approximate surface area is 94.1 Å². The maximum atomic E-state index is 5.63. The van der Waals surface area contributed by atoms with E-state index in [0.29, 0.717) is 12.5 Å². The second kappa shape index (κ2) is 4.76. The van der Waals surface area contributed by atoms with Crippen LogP contribution in [0.5, 0.6) is 0 Å². The molecule has 2 aromatic rings. The Balaban J connectivity index is 2.05. The molecular formula is C11H15N5. The zero-order valence-corrected chi connectivity index (χ0v) is 9.14. The zero-order valence-electron chi connectivity index (χ0n) is 9.14. The fourth-order valence-corrected chi connectivity index (χ4v) is 1.32. The topological polar surface area (TPSA) is 79.6 Å². The third-order valence-electron chi connectivity index (χ3n) is 2.17. The Morgan fingerprint density at radius 1 is 1.38 bits per heavy atom. The number of rotatable bonds is 4. The van der Waals surface area contributed by atoms with E-state index in [2.05, 4.69) is 20.3 Å². The van der Waals surface area contributed by atoms with Crippen molar-refractivity contribution in [3.63, 3.8) is 0 Å². The second-order valence-electron chi connectivity index (χ2n) is 3.75. The molecule has 0 bridgehead atoms. The number of hydrogen-bond acceptors (Lipinski definition) is 4. The molecule has 0 amide bonds. The fourth-order valence-electron chi connectivity index (χ4n) is 1.32. The summed E-state index contributed by atoms with van der Waals surface area (Å²) in [4.78, 5) is 11.4. The largest absolute Gasteiger partial charge is 0.367 e. The summed E-state index contributed by atoms with van der Waals surface area (Å²) in [5, 5.41) is 3.06. The molecule has 0 saturated heterocycles. The Morgan fingerprint density at radius 3 is 2.69 bits per heavy atom. The third-order valence-corrected chi connectivity index (χ3v) is 2.17. The number of H-pyrrole nitrogens is 1. The van der Waals surface area contributed by atoms with Crippen molar-refractivity contribution >= 4 is 5.95 Å². The van der Waals surface area contributed by atoms with Gasteiger partial charge in [-0.05, 0) is 13.0 Å². The average molecular weight is 217 g/mol. The molecule has 0 aromatic carbocycles. The lowest BCUT2D eigenvalue weighted by Gasteiger charge is -2.07. The average Bonchev–Trinajstić information content (AvgIpc) is 2.80. The molecule has 0 aliphatic carbocycles. The van der Waals surface area contributed by atoms with Gasteiger partial charge in [0.05, 0.1) is 0 Å². The van der Waals surface area contributed by atoms with E-state index in [1.54, 1.807) is 12.4 Å². The van der Waals surface area contributed by atoms with E-state index < -0.39 is 0 Å². The molecule has 0 saturated carbocycles. The van der Waals surface area contributed by atoms with E-state index in [0.717, 1.165) is 11.1 Å². The van der Waals surface area contributed by atoms with Crippen LogP contribution in [0.1, 0.15) is 6.92 Å². The highest BCUT2D eigenvalue weighted by Gasteiger charge is 2.01. The molecule has 0 aliphatic heterocycles. The maximum absolute atomic E-state index is 5.63. The number of aromatic nitrogens is 3. The standard InChI is InChI=1S/C11H15N5/c1-8(12)4-14-11-15-6-10(7-16-11)9-2-3-13-5-9/h2-3,5-8,13H,4,12H2,1H3,(H,14,15,16). The number of nitrogens with zero attached hydrogens (tertiary/aromatic N) is 2. The van der Waals surface area contributed by atoms with Gasteiger partial charge in [-0.15, -0.1) is 0 Å². The van der Waals surface area contributed by atoms with Crippen molar-refractivity contribution in [3.8, 4) is 11.1 Å². The first-order valence-electron chi connectivity index (χ1n) is 5.20. The molecule has 1 unspecified atom stereocenters. The van der Waals surface area contributed by atoms with E-state index in [1.165, 1.54) is 0 Å². The van der Waals surface area contributed by atoms with Crippen LogP contribution in [0.25, 0.3) is 11.1 Å². The highest BCUT2D eigenvalue weighted by Crippen LogP contribution is 2.16. The van der Waals surface area contributed by atoms with E-state index in [1.807, 2.05) is 25.4 Å². The van der Waals surface area contributed by atoms with Gasteiger partial charge in [0.25, 0.3) is 0 Å². The summed E-state index contributed by atoms with van der Waals surface area (Å²) >= 11 is 0. The highest BCUT2D eigenvalue weighted by atomic mass is 15.1. The van der Waals surface area contributed by atoms with Gasteiger partial charge in [-0.25, -0.2) is 9.97 Å². The molecule has 0 fully saturated rings. The van der Waals surface area contributed by atoms with Gasteiger partial charge >= 0.3 is 0 Å². The van der Waals surface area contributed by atoms with Gasteiger partial charge in [-0.3, -0.25) is 0 Å². The Kier molecular flexibility index (Phi) is 3.16. The van der Waals surface area contributed by atoms with E-state index >= 15 is 0 Å². The molecule has 2 heterocycles. The molecule has 2 rings (SSSR count). The molecule has 5 heteroatoms. The molecule has 0 spiro atoms. The Hall–Kier alpha value is -1.88. The summed E-state index contributed by atoms with van der Waals surface area (Å²) in [6.07, 6.45) is 7.37. The monoisotopic (exact) mass is 217 g/mol. The van der Waals surface area contributed by atoms with Crippen LogP contribution in [-0.2, 0) is 0 Å².